The molecule has 0 aliphatic carbocycles. The summed E-state index contributed by atoms with van der Waals surface area (Å²) in [6.07, 6.45) is 0. The first-order valence-corrected chi connectivity index (χ1v) is 7.02. The van der Waals surface area contributed by atoms with Crippen LogP contribution in [0.1, 0.15) is 5.69 Å². The molecule has 2 N–H and O–H groups in total. The maximum atomic E-state index is 5.68. The molecular formula is C16H18N4O3. The summed E-state index contributed by atoms with van der Waals surface area (Å²) in [6.45, 7) is 1.95. The molecule has 0 spiro atoms. The lowest BCUT2D eigenvalue weighted by molar-refractivity contribution is 0.325. The second-order valence-electron chi connectivity index (χ2n) is 4.95. The van der Waals surface area contributed by atoms with Crippen molar-refractivity contribution >= 4 is 11.6 Å². The molecular weight excluding hydrogens is 296 g/mol. The molecule has 3 aromatic rings. The number of ether oxygens (including phenoxy) is 3. The number of aryl methyl sites for hydroxylation is 1. The molecule has 0 unspecified atom stereocenters. The van der Waals surface area contributed by atoms with Crippen LogP contribution in [0.3, 0.4) is 0 Å². The zero-order valence-electron chi connectivity index (χ0n) is 13.5. The highest BCUT2D eigenvalue weighted by atomic mass is 16.5. The molecule has 0 saturated heterocycles. The smallest absolute Gasteiger partial charge is 0.240 e. The average molecular weight is 314 g/mol. The van der Waals surface area contributed by atoms with Crippen molar-refractivity contribution in [1.82, 2.24) is 14.6 Å². The van der Waals surface area contributed by atoms with Gasteiger partial charge in [-0.15, -0.1) is 5.10 Å². The summed E-state index contributed by atoms with van der Waals surface area (Å²) in [5, 5.41) is 4.22. The van der Waals surface area contributed by atoms with Crippen LogP contribution in [-0.4, -0.2) is 35.9 Å². The second-order valence-corrected chi connectivity index (χ2v) is 4.95. The molecule has 0 amide bonds. The van der Waals surface area contributed by atoms with Crippen molar-refractivity contribution in [2.75, 3.05) is 27.1 Å². The van der Waals surface area contributed by atoms with Crippen LogP contribution < -0.4 is 19.9 Å². The van der Waals surface area contributed by atoms with Gasteiger partial charge in [0.05, 0.1) is 21.3 Å². The second kappa shape index (κ2) is 5.68. The van der Waals surface area contributed by atoms with Crippen molar-refractivity contribution in [3.63, 3.8) is 0 Å². The standard InChI is InChI=1S/C16H18N4O3/c1-9-10(6-8-13-18-16(17)19-20(9)13)11-5-7-12(21-2)15(23-4)14(11)22-3/h5-8H,1-4H3,(H2,17,19). The Bertz CT molecular complexity index is 873. The van der Waals surface area contributed by atoms with Crippen LogP contribution in [0.5, 0.6) is 17.2 Å². The summed E-state index contributed by atoms with van der Waals surface area (Å²) in [7, 11) is 4.77. The predicted octanol–water partition coefficient (Wildman–Crippen LogP) is 2.31. The van der Waals surface area contributed by atoms with Gasteiger partial charge in [-0.2, -0.15) is 4.98 Å². The van der Waals surface area contributed by atoms with Gasteiger partial charge in [0.15, 0.2) is 17.1 Å². The van der Waals surface area contributed by atoms with Gasteiger partial charge in [0.2, 0.25) is 11.7 Å². The Morgan fingerprint density at radius 2 is 1.61 bits per heavy atom. The largest absolute Gasteiger partial charge is 0.493 e. The van der Waals surface area contributed by atoms with Gasteiger partial charge in [0, 0.05) is 16.8 Å². The monoisotopic (exact) mass is 314 g/mol. The molecule has 7 nitrogen and oxygen atoms in total. The highest BCUT2D eigenvalue weighted by Gasteiger charge is 2.19. The lowest BCUT2D eigenvalue weighted by Gasteiger charge is -2.17. The third kappa shape index (κ3) is 2.30. The van der Waals surface area contributed by atoms with Crippen molar-refractivity contribution in [1.29, 1.82) is 0 Å². The van der Waals surface area contributed by atoms with E-state index in [2.05, 4.69) is 10.1 Å². The Hall–Kier alpha value is -2.96. The summed E-state index contributed by atoms with van der Waals surface area (Å²) in [6, 6.07) is 7.59. The lowest BCUT2D eigenvalue weighted by Crippen LogP contribution is -2.00. The molecule has 2 heterocycles. The number of rotatable bonds is 4. The Morgan fingerprint density at radius 3 is 2.26 bits per heavy atom. The normalized spacial score (nSPS) is 10.8. The van der Waals surface area contributed by atoms with Crippen LogP contribution in [-0.2, 0) is 0 Å². The number of fused-ring (bicyclic) bond motifs is 1. The molecule has 0 fully saturated rings. The van der Waals surface area contributed by atoms with E-state index in [1.54, 1.807) is 25.8 Å². The Kier molecular flexibility index (Phi) is 3.69. The minimum atomic E-state index is 0.240. The molecule has 0 saturated carbocycles. The molecule has 3 rings (SSSR count). The van der Waals surface area contributed by atoms with E-state index < -0.39 is 0 Å². The van der Waals surface area contributed by atoms with E-state index in [1.165, 1.54) is 0 Å². The van der Waals surface area contributed by atoms with Crippen molar-refractivity contribution in [3.8, 4) is 28.4 Å². The van der Waals surface area contributed by atoms with E-state index in [0.29, 0.717) is 22.9 Å². The molecule has 0 atom stereocenters. The highest BCUT2D eigenvalue weighted by molar-refractivity contribution is 5.78. The fourth-order valence-electron chi connectivity index (χ4n) is 2.69. The minimum Gasteiger partial charge on any atom is -0.493 e. The molecule has 0 bridgehead atoms. The number of anilines is 1. The number of nitrogens with zero attached hydrogens (tertiary/aromatic N) is 3. The first-order valence-electron chi connectivity index (χ1n) is 7.02. The first-order chi connectivity index (χ1) is 11.1. The Labute approximate surface area is 133 Å². The van der Waals surface area contributed by atoms with E-state index in [9.17, 15) is 0 Å². The fourth-order valence-corrected chi connectivity index (χ4v) is 2.69. The van der Waals surface area contributed by atoms with Crippen LogP contribution in [0.4, 0.5) is 5.95 Å². The molecule has 0 aliphatic heterocycles. The molecule has 0 radical (unpaired) electrons. The van der Waals surface area contributed by atoms with Crippen molar-refractivity contribution in [2.45, 2.75) is 6.92 Å². The SMILES string of the molecule is COc1ccc(-c2ccc3nc(N)nn3c2C)c(OC)c1OC. The number of nitrogen functional groups attached to an aromatic ring is 1. The summed E-state index contributed by atoms with van der Waals surface area (Å²) in [5.74, 6) is 1.99. The van der Waals surface area contributed by atoms with Gasteiger partial charge in [-0.3, -0.25) is 0 Å². The number of aromatic nitrogens is 3. The predicted molar refractivity (Wildman–Crippen MR) is 87.2 cm³/mol. The molecule has 1 aromatic carbocycles. The molecule has 23 heavy (non-hydrogen) atoms. The zero-order valence-corrected chi connectivity index (χ0v) is 13.5. The number of benzene rings is 1. The maximum absolute atomic E-state index is 5.68. The number of nitrogens with two attached hydrogens (primary N) is 1. The number of pyridine rings is 1. The van der Waals surface area contributed by atoms with E-state index in [0.717, 1.165) is 16.8 Å². The topological polar surface area (TPSA) is 83.9 Å². The summed E-state index contributed by atoms with van der Waals surface area (Å²) < 4.78 is 18.0. The van der Waals surface area contributed by atoms with Crippen LogP contribution in [0, 0.1) is 6.92 Å². The minimum absolute atomic E-state index is 0.240. The van der Waals surface area contributed by atoms with Gasteiger partial charge in [-0.05, 0) is 31.2 Å². The van der Waals surface area contributed by atoms with Crippen LogP contribution in [0.25, 0.3) is 16.8 Å². The number of methoxy groups -OCH3 is 3. The quantitative estimate of drug-likeness (QED) is 0.795. The summed E-state index contributed by atoms with van der Waals surface area (Å²) in [4.78, 5) is 4.17. The first kappa shape index (κ1) is 15.0. The third-order valence-electron chi connectivity index (χ3n) is 3.75. The third-order valence-corrected chi connectivity index (χ3v) is 3.75. The van der Waals surface area contributed by atoms with Gasteiger partial charge >= 0.3 is 0 Å². The van der Waals surface area contributed by atoms with E-state index >= 15 is 0 Å². The summed E-state index contributed by atoms with van der Waals surface area (Å²) >= 11 is 0. The number of hydrogen-bond donors (Lipinski definition) is 1. The van der Waals surface area contributed by atoms with Crippen LogP contribution in [0.15, 0.2) is 24.3 Å². The van der Waals surface area contributed by atoms with Gasteiger partial charge in [0.25, 0.3) is 0 Å². The van der Waals surface area contributed by atoms with Gasteiger partial charge in [-0.25, -0.2) is 4.52 Å². The van der Waals surface area contributed by atoms with E-state index in [1.807, 2.05) is 31.2 Å². The average Bonchev–Trinajstić information content (AvgIpc) is 2.95. The Morgan fingerprint density at radius 1 is 0.913 bits per heavy atom. The number of hydrogen-bond acceptors (Lipinski definition) is 6. The fraction of sp³-hybridized carbons (Fsp3) is 0.250. The highest BCUT2D eigenvalue weighted by Crippen LogP contribution is 2.44. The molecule has 2 aromatic heterocycles. The van der Waals surface area contributed by atoms with Crippen molar-refractivity contribution < 1.29 is 14.2 Å². The van der Waals surface area contributed by atoms with Crippen LogP contribution in [0.2, 0.25) is 0 Å². The van der Waals surface area contributed by atoms with E-state index in [4.69, 9.17) is 19.9 Å². The van der Waals surface area contributed by atoms with Crippen LogP contribution >= 0.6 is 0 Å². The van der Waals surface area contributed by atoms with Gasteiger partial charge < -0.3 is 19.9 Å². The Balaban J connectivity index is 2.28. The lowest BCUT2D eigenvalue weighted by atomic mass is 10.0. The van der Waals surface area contributed by atoms with Gasteiger partial charge in [0.1, 0.15) is 0 Å². The molecule has 0 aliphatic rings. The molecule has 7 heteroatoms. The maximum Gasteiger partial charge on any atom is 0.240 e. The molecule has 120 valence electrons. The zero-order chi connectivity index (χ0) is 16.6. The van der Waals surface area contributed by atoms with Crippen molar-refractivity contribution in [2.24, 2.45) is 0 Å². The van der Waals surface area contributed by atoms with Gasteiger partial charge in [-0.1, -0.05) is 0 Å². The van der Waals surface area contributed by atoms with E-state index in [-0.39, 0.29) is 5.95 Å². The van der Waals surface area contributed by atoms with Crippen molar-refractivity contribution in [3.05, 3.63) is 30.0 Å². The summed E-state index contributed by atoms with van der Waals surface area (Å²) in [5.41, 5.74) is 9.10.